The fourth-order valence-electron chi connectivity index (χ4n) is 2.21. The van der Waals surface area contributed by atoms with Crippen molar-refractivity contribution in [2.45, 2.75) is 46.1 Å². The first kappa shape index (κ1) is 12.0. The van der Waals surface area contributed by atoms with Gasteiger partial charge in [-0.15, -0.1) is 0 Å². The Labute approximate surface area is 88.3 Å². The first-order valence-corrected chi connectivity index (χ1v) is 6.00. The van der Waals surface area contributed by atoms with Gasteiger partial charge in [-0.3, -0.25) is 0 Å². The van der Waals surface area contributed by atoms with E-state index in [2.05, 4.69) is 18.7 Å². The zero-order valence-electron chi connectivity index (χ0n) is 9.87. The fraction of sp³-hybridized carbons (Fsp3) is 1.00. The Morgan fingerprint density at radius 3 is 2.29 bits per heavy atom. The van der Waals surface area contributed by atoms with Crippen LogP contribution in [0.1, 0.15) is 40.0 Å². The highest BCUT2D eigenvalue weighted by atomic mass is 16.3. The highest BCUT2D eigenvalue weighted by Crippen LogP contribution is 2.22. The number of likely N-dealkylation sites (tertiary alicyclic amines) is 1. The highest BCUT2D eigenvalue weighted by molar-refractivity contribution is 4.78. The lowest BCUT2D eigenvalue weighted by atomic mass is 10.0. The van der Waals surface area contributed by atoms with Gasteiger partial charge >= 0.3 is 0 Å². The summed E-state index contributed by atoms with van der Waals surface area (Å²) in [4.78, 5) is 2.57. The van der Waals surface area contributed by atoms with Crippen LogP contribution < -0.4 is 0 Å². The van der Waals surface area contributed by atoms with E-state index in [0.29, 0.717) is 0 Å². The van der Waals surface area contributed by atoms with Crippen LogP contribution in [-0.2, 0) is 0 Å². The van der Waals surface area contributed by atoms with E-state index < -0.39 is 0 Å². The molecule has 2 nitrogen and oxygen atoms in total. The number of aliphatic hydroxyl groups excluding tert-OH is 1. The van der Waals surface area contributed by atoms with Crippen molar-refractivity contribution in [3.8, 4) is 0 Å². The van der Waals surface area contributed by atoms with Gasteiger partial charge in [0.25, 0.3) is 0 Å². The Kier molecular flexibility index (Phi) is 4.90. The summed E-state index contributed by atoms with van der Waals surface area (Å²) in [6.45, 7) is 10.3. The minimum Gasteiger partial charge on any atom is -0.393 e. The molecular weight excluding hydrogens is 174 g/mol. The molecule has 0 spiro atoms. The topological polar surface area (TPSA) is 23.5 Å². The molecule has 3 unspecified atom stereocenters. The summed E-state index contributed by atoms with van der Waals surface area (Å²) in [5, 5.41) is 9.11. The summed E-state index contributed by atoms with van der Waals surface area (Å²) >= 11 is 0. The van der Waals surface area contributed by atoms with Crippen molar-refractivity contribution in [2.75, 3.05) is 19.6 Å². The van der Waals surface area contributed by atoms with E-state index in [1.807, 2.05) is 6.92 Å². The monoisotopic (exact) mass is 199 g/mol. The summed E-state index contributed by atoms with van der Waals surface area (Å²) in [6.07, 6.45) is 3.24. The Hall–Kier alpha value is -0.0800. The molecule has 0 radical (unpaired) electrons. The average molecular weight is 199 g/mol. The van der Waals surface area contributed by atoms with E-state index in [1.54, 1.807) is 0 Å². The molecular formula is C12H25NO. The lowest BCUT2D eigenvalue weighted by Gasteiger charge is -2.15. The predicted octanol–water partition coefficient (Wildman–Crippen LogP) is 2.13. The van der Waals surface area contributed by atoms with Crippen LogP contribution in [0.2, 0.25) is 0 Å². The molecule has 84 valence electrons. The molecule has 1 saturated heterocycles. The van der Waals surface area contributed by atoms with Crippen LogP contribution in [0.15, 0.2) is 0 Å². The molecule has 1 aliphatic heterocycles. The lowest BCUT2D eigenvalue weighted by molar-refractivity contribution is 0.178. The van der Waals surface area contributed by atoms with Crippen molar-refractivity contribution in [1.29, 1.82) is 0 Å². The maximum atomic E-state index is 9.11. The first-order valence-electron chi connectivity index (χ1n) is 6.00. The molecule has 0 aromatic rings. The maximum Gasteiger partial charge on any atom is 0.0512 e. The molecule has 1 N–H and O–H groups in total. The summed E-state index contributed by atoms with van der Waals surface area (Å²) in [7, 11) is 0. The molecule has 0 amide bonds. The zero-order valence-corrected chi connectivity index (χ0v) is 9.87. The van der Waals surface area contributed by atoms with Gasteiger partial charge in [-0.1, -0.05) is 13.8 Å². The van der Waals surface area contributed by atoms with E-state index in [9.17, 15) is 0 Å². The highest BCUT2D eigenvalue weighted by Gasteiger charge is 2.24. The molecule has 3 atom stereocenters. The number of unbranched alkanes of at least 4 members (excludes halogenated alkanes) is 1. The lowest BCUT2D eigenvalue weighted by Crippen LogP contribution is -2.22. The van der Waals surface area contributed by atoms with Gasteiger partial charge < -0.3 is 10.0 Å². The molecule has 1 aliphatic rings. The molecule has 0 aliphatic carbocycles. The number of hydrogen-bond acceptors (Lipinski definition) is 2. The number of nitrogens with zero attached hydrogens (tertiary/aromatic N) is 1. The van der Waals surface area contributed by atoms with Gasteiger partial charge in [0.2, 0.25) is 0 Å². The van der Waals surface area contributed by atoms with Crippen LogP contribution in [-0.4, -0.2) is 35.7 Å². The predicted molar refractivity (Wildman–Crippen MR) is 60.3 cm³/mol. The first-order chi connectivity index (χ1) is 6.59. The second-order valence-electron chi connectivity index (χ2n) is 5.06. The van der Waals surface area contributed by atoms with Crippen molar-refractivity contribution < 1.29 is 5.11 Å². The number of aliphatic hydroxyl groups is 1. The number of hydrogen-bond donors (Lipinski definition) is 1. The minimum atomic E-state index is -0.119. The van der Waals surface area contributed by atoms with Crippen molar-refractivity contribution in [3.05, 3.63) is 0 Å². The van der Waals surface area contributed by atoms with Crippen LogP contribution in [0, 0.1) is 11.8 Å². The van der Waals surface area contributed by atoms with Gasteiger partial charge in [-0.05, 0) is 44.6 Å². The van der Waals surface area contributed by atoms with E-state index >= 15 is 0 Å². The fourth-order valence-corrected chi connectivity index (χ4v) is 2.21. The summed E-state index contributed by atoms with van der Waals surface area (Å²) < 4.78 is 0. The third-order valence-corrected chi connectivity index (χ3v) is 3.41. The van der Waals surface area contributed by atoms with Crippen molar-refractivity contribution in [2.24, 2.45) is 11.8 Å². The summed E-state index contributed by atoms with van der Waals surface area (Å²) in [5.41, 5.74) is 0. The van der Waals surface area contributed by atoms with Crippen molar-refractivity contribution >= 4 is 0 Å². The molecule has 0 bridgehead atoms. The Balaban J connectivity index is 2.03. The molecule has 0 aromatic carbocycles. The van der Waals surface area contributed by atoms with Crippen LogP contribution in [0.25, 0.3) is 0 Å². The van der Waals surface area contributed by atoms with E-state index in [0.717, 1.165) is 24.7 Å². The SMILES string of the molecule is CC(O)CCCCN1CC(C)C(C)C1. The molecule has 0 saturated carbocycles. The van der Waals surface area contributed by atoms with E-state index in [4.69, 9.17) is 5.11 Å². The van der Waals surface area contributed by atoms with Crippen LogP contribution in [0.4, 0.5) is 0 Å². The second-order valence-corrected chi connectivity index (χ2v) is 5.06. The molecule has 1 fully saturated rings. The van der Waals surface area contributed by atoms with Gasteiger partial charge in [0, 0.05) is 13.1 Å². The smallest absolute Gasteiger partial charge is 0.0512 e. The Morgan fingerprint density at radius 1 is 1.21 bits per heavy atom. The third kappa shape index (κ3) is 3.97. The number of rotatable bonds is 5. The van der Waals surface area contributed by atoms with Gasteiger partial charge in [0.05, 0.1) is 6.10 Å². The molecule has 1 rings (SSSR count). The summed E-state index contributed by atoms with van der Waals surface area (Å²) in [5.74, 6) is 1.73. The second kappa shape index (κ2) is 5.72. The minimum absolute atomic E-state index is 0.119. The van der Waals surface area contributed by atoms with Gasteiger partial charge in [0.1, 0.15) is 0 Å². The standard InChI is InChI=1S/C12H25NO/c1-10-8-13(9-11(10)2)7-5-4-6-12(3)14/h10-12,14H,4-9H2,1-3H3. The maximum absolute atomic E-state index is 9.11. The van der Waals surface area contributed by atoms with Gasteiger partial charge in [-0.2, -0.15) is 0 Å². The van der Waals surface area contributed by atoms with Gasteiger partial charge in [0.15, 0.2) is 0 Å². The normalized spacial score (nSPS) is 30.9. The summed E-state index contributed by atoms with van der Waals surface area (Å²) in [6, 6.07) is 0. The van der Waals surface area contributed by atoms with Crippen LogP contribution in [0.5, 0.6) is 0 Å². The van der Waals surface area contributed by atoms with Crippen molar-refractivity contribution in [3.63, 3.8) is 0 Å². The molecule has 2 heteroatoms. The largest absolute Gasteiger partial charge is 0.393 e. The molecule has 1 heterocycles. The quantitative estimate of drug-likeness (QED) is 0.686. The van der Waals surface area contributed by atoms with Crippen molar-refractivity contribution in [1.82, 2.24) is 4.90 Å². The van der Waals surface area contributed by atoms with E-state index in [-0.39, 0.29) is 6.10 Å². The Morgan fingerprint density at radius 2 is 1.79 bits per heavy atom. The molecule has 0 aromatic heterocycles. The van der Waals surface area contributed by atoms with Crippen LogP contribution >= 0.6 is 0 Å². The van der Waals surface area contributed by atoms with Gasteiger partial charge in [-0.25, -0.2) is 0 Å². The average Bonchev–Trinajstić information content (AvgIpc) is 2.40. The zero-order chi connectivity index (χ0) is 10.6. The third-order valence-electron chi connectivity index (χ3n) is 3.41. The van der Waals surface area contributed by atoms with Crippen LogP contribution in [0.3, 0.4) is 0 Å². The van der Waals surface area contributed by atoms with E-state index in [1.165, 1.54) is 26.1 Å². The molecule has 14 heavy (non-hydrogen) atoms. The Bertz CT molecular complexity index is 148.